The topological polar surface area (TPSA) is 77.2 Å². The molecule has 0 unspecified atom stereocenters. The van der Waals surface area contributed by atoms with Gasteiger partial charge >= 0.3 is 0 Å². The Bertz CT molecular complexity index is 1150. The van der Waals surface area contributed by atoms with Gasteiger partial charge in [-0.1, -0.05) is 44.2 Å². The van der Waals surface area contributed by atoms with Crippen LogP contribution in [0.4, 0.5) is 5.95 Å². The maximum Gasteiger partial charge on any atom is 0.265 e. The number of nitrogens with one attached hydrogen (secondary N) is 1. The highest BCUT2D eigenvalue weighted by Crippen LogP contribution is 2.26. The van der Waals surface area contributed by atoms with Crippen LogP contribution in [0.3, 0.4) is 0 Å². The lowest BCUT2D eigenvalue weighted by Crippen LogP contribution is -2.03. The molecule has 0 saturated heterocycles. The van der Waals surface area contributed by atoms with E-state index in [1.807, 2.05) is 36.4 Å². The third-order valence-electron chi connectivity index (χ3n) is 4.57. The number of hydrogen-bond acceptors (Lipinski definition) is 6. The minimum absolute atomic E-state index is 0.362. The van der Waals surface area contributed by atoms with Gasteiger partial charge in [0.25, 0.3) is 5.95 Å². The number of hydrogen-bond donors (Lipinski definition) is 1. The van der Waals surface area contributed by atoms with Crippen LogP contribution < -0.4 is 10.2 Å². The van der Waals surface area contributed by atoms with Crippen molar-refractivity contribution >= 4 is 34.2 Å². The summed E-state index contributed by atoms with van der Waals surface area (Å²) < 4.78 is 7.94. The van der Waals surface area contributed by atoms with Gasteiger partial charge in [-0.2, -0.15) is 10.1 Å². The van der Waals surface area contributed by atoms with Crippen LogP contribution in [0.15, 0.2) is 53.6 Å². The molecule has 4 rings (SSSR count). The van der Waals surface area contributed by atoms with Crippen molar-refractivity contribution in [2.45, 2.75) is 33.2 Å². The van der Waals surface area contributed by atoms with Gasteiger partial charge in [-0.3, -0.25) is 0 Å². The first kappa shape index (κ1) is 18.9. The zero-order chi connectivity index (χ0) is 20.1. The predicted molar refractivity (Wildman–Crippen MR) is 117 cm³/mol. The predicted octanol–water partition coefficient (Wildman–Crippen LogP) is 4.62. The summed E-state index contributed by atoms with van der Waals surface area (Å²) in [5, 5.41) is 14.0. The highest BCUT2D eigenvalue weighted by Gasteiger charge is 2.13. The lowest BCUT2D eigenvalue weighted by Gasteiger charge is -2.07. The van der Waals surface area contributed by atoms with Crippen LogP contribution in [0.25, 0.3) is 22.1 Å². The van der Waals surface area contributed by atoms with E-state index in [9.17, 15) is 0 Å². The lowest BCUT2D eigenvalue weighted by molar-refractivity contribution is 0.317. The molecule has 0 amide bonds. The fourth-order valence-electron chi connectivity index (χ4n) is 3.29. The molecule has 1 N–H and O–H groups in total. The van der Waals surface area contributed by atoms with E-state index in [0.717, 1.165) is 52.8 Å². The zero-order valence-corrected chi connectivity index (χ0v) is 16.7. The minimum Gasteiger partial charge on any atom is -0.493 e. The fraction of sp³-hybridized carbons (Fsp3) is 0.273. The van der Waals surface area contributed by atoms with Crippen LogP contribution in [-0.2, 0) is 6.54 Å². The molecule has 4 aromatic rings. The molecular formula is C22H24N6O. The summed E-state index contributed by atoms with van der Waals surface area (Å²) in [6.45, 7) is 5.77. The van der Waals surface area contributed by atoms with Crippen molar-refractivity contribution in [3.8, 4) is 5.75 Å². The third-order valence-corrected chi connectivity index (χ3v) is 4.57. The van der Waals surface area contributed by atoms with E-state index in [-0.39, 0.29) is 0 Å². The third kappa shape index (κ3) is 3.89. The first-order chi connectivity index (χ1) is 14.3. The molecule has 0 aliphatic rings. The van der Waals surface area contributed by atoms with E-state index >= 15 is 0 Å². The molecular weight excluding hydrogens is 364 g/mol. The SMILES string of the molecule is CCCOc1ccccc1/C=N/Nc1nnc2c3ccccc3n(CCC)c2n1. The van der Waals surface area contributed by atoms with E-state index in [2.05, 4.69) is 56.3 Å². The molecule has 148 valence electrons. The van der Waals surface area contributed by atoms with Crippen LogP contribution in [0.5, 0.6) is 5.75 Å². The van der Waals surface area contributed by atoms with Crippen molar-refractivity contribution in [1.29, 1.82) is 0 Å². The van der Waals surface area contributed by atoms with Crippen molar-refractivity contribution < 1.29 is 4.74 Å². The Labute approximate surface area is 169 Å². The number of hydrazone groups is 1. The van der Waals surface area contributed by atoms with Crippen molar-refractivity contribution in [3.05, 3.63) is 54.1 Å². The number of benzene rings is 2. The molecule has 0 fully saturated rings. The summed E-state index contributed by atoms with van der Waals surface area (Å²) in [4.78, 5) is 4.67. The number of aryl methyl sites for hydroxylation is 1. The van der Waals surface area contributed by atoms with Gasteiger partial charge in [-0.05, 0) is 31.0 Å². The highest BCUT2D eigenvalue weighted by molar-refractivity contribution is 6.04. The second kappa shape index (κ2) is 8.68. The Morgan fingerprint density at radius 2 is 1.86 bits per heavy atom. The summed E-state index contributed by atoms with van der Waals surface area (Å²) in [5.41, 5.74) is 6.53. The largest absolute Gasteiger partial charge is 0.493 e. The summed E-state index contributed by atoms with van der Waals surface area (Å²) in [6.07, 6.45) is 3.67. The molecule has 7 heteroatoms. The molecule has 7 nitrogen and oxygen atoms in total. The van der Waals surface area contributed by atoms with Crippen LogP contribution in [0.1, 0.15) is 32.3 Å². The summed E-state index contributed by atoms with van der Waals surface area (Å²) in [7, 11) is 0. The van der Waals surface area contributed by atoms with Gasteiger partial charge in [0.15, 0.2) is 5.65 Å². The summed E-state index contributed by atoms with van der Waals surface area (Å²) in [6, 6.07) is 16.0. The Morgan fingerprint density at radius 1 is 1.03 bits per heavy atom. The van der Waals surface area contributed by atoms with Crippen LogP contribution >= 0.6 is 0 Å². The average molecular weight is 388 g/mol. The standard InChI is InChI=1S/C22H24N6O/c1-3-13-28-18-11-7-6-10-17(18)20-21(28)24-22(27-25-20)26-23-15-16-9-5-8-12-19(16)29-14-4-2/h5-12,15H,3-4,13-14H2,1-2H3,(H,24,26,27)/b23-15+. The molecule has 2 heterocycles. The molecule has 0 saturated carbocycles. The molecule has 0 radical (unpaired) electrons. The maximum atomic E-state index is 5.76. The van der Waals surface area contributed by atoms with Gasteiger partial charge < -0.3 is 9.30 Å². The smallest absolute Gasteiger partial charge is 0.265 e. The van der Waals surface area contributed by atoms with Gasteiger partial charge in [-0.15, -0.1) is 10.2 Å². The van der Waals surface area contributed by atoms with E-state index in [1.165, 1.54) is 0 Å². The molecule has 0 atom stereocenters. The van der Waals surface area contributed by atoms with Crippen molar-refractivity contribution in [2.75, 3.05) is 12.0 Å². The van der Waals surface area contributed by atoms with Gasteiger partial charge in [-0.25, -0.2) is 5.43 Å². The number of anilines is 1. The van der Waals surface area contributed by atoms with Crippen molar-refractivity contribution in [2.24, 2.45) is 5.10 Å². The summed E-state index contributed by atoms with van der Waals surface area (Å²) >= 11 is 0. The Morgan fingerprint density at radius 3 is 2.72 bits per heavy atom. The van der Waals surface area contributed by atoms with Crippen LogP contribution in [0, 0.1) is 0 Å². The van der Waals surface area contributed by atoms with E-state index < -0.39 is 0 Å². The molecule has 2 aromatic carbocycles. The number of rotatable bonds is 8. The van der Waals surface area contributed by atoms with Gasteiger partial charge in [0, 0.05) is 17.5 Å². The van der Waals surface area contributed by atoms with E-state index in [1.54, 1.807) is 6.21 Å². The van der Waals surface area contributed by atoms with Gasteiger partial charge in [0.05, 0.1) is 18.3 Å². The normalized spacial score (nSPS) is 11.5. The Hall–Kier alpha value is -3.48. The Balaban J connectivity index is 1.62. The quantitative estimate of drug-likeness (QED) is 0.352. The second-order valence-corrected chi connectivity index (χ2v) is 6.73. The van der Waals surface area contributed by atoms with Crippen LogP contribution in [-0.4, -0.2) is 32.6 Å². The number of aromatic nitrogens is 4. The number of ether oxygens (including phenoxy) is 1. The maximum absolute atomic E-state index is 5.76. The Kier molecular flexibility index (Phi) is 5.65. The molecule has 0 aliphatic heterocycles. The number of nitrogens with zero attached hydrogens (tertiary/aromatic N) is 5. The van der Waals surface area contributed by atoms with E-state index in [0.29, 0.717) is 12.6 Å². The lowest BCUT2D eigenvalue weighted by atomic mass is 10.2. The molecule has 29 heavy (non-hydrogen) atoms. The molecule has 0 spiro atoms. The monoisotopic (exact) mass is 388 g/mol. The average Bonchev–Trinajstić information content (AvgIpc) is 3.07. The van der Waals surface area contributed by atoms with E-state index in [4.69, 9.17) is 4.74 Å². The van der Waals surface area contributed by atoms with Crippen molar-refractivity contribution in [3.63, 3.8) is 0 Å². The first-order valence-electron chi connectivity index (χ1n) is 9.94. The number of para-hydroxylation sites is 2. The van der Waals surface area contributed by atoms with Gasteiger partial charge in [0.2, 0.25) is 0 Å². The molecule has 0 bridgehead atoms. The first-order valence-corrected chi connectivity index (χ1v) is 9.94. The highest BCUT2D eigenvalue weighted by atomic mass is 16.5. The summed E-state index contributed by atoms with van der Waals surface area (Å²) in [5.74, 6) is 1.17. The minimum atomic E-state index is 0.362. The molecule has 2 aromatic heterocycles. The second-order valence-electron chi connectivity index (χ2n) is 6.73. The number of fused-ring (bicyclic) bond motifs is 3. The molecule has 0 aliphatic carbocycles. The fourth-order valence-corrected chi connectivity index (χ4v) is 3.29. The van der Waals surface area contributed by atoms with Crippen LogP contribution in [0.2, 0.25) is 0 Å². The zero-order valence-electron chi connectivity index (χ0n) is 16.7. The van der Waals surface area contributed by atoms with Gasteiger partial charge in [0.1, 0.15) is 11.3 Å². The van der Waals surface area contributed by atoms with Crippen molar-refractivity contribution in [1.82, 2.24) is 19.7 Å².